The Labute approximate surface area is 172 Å². The van der Waals surface area contributed by atoms with Crippen molar-refractivity contribution in [1.82, 2.24) is 15.5 Å². The minimum absolute atomic E-state index is 0. The molecule has 146 valence electrons. The second-order valence-corrected chi connectivity index (χ2v) is 6.83. The molecule has 0 radical (unpaired) electrons. The monoisotopic (exact) mass is 476 g/mol. The molecule has 5 nitrogen and oxygen atoms in total. The SMILES string of the molecule is CCNC(=NCC(C)N1CCOCC1)NC1CC1c1ccccc1F.I. The summed E-state index contributed by atoms with van der Waals surface area (Å²) >= 11 is 0. The van der Waals surface area contributed by atoms with Crippen LogP contribution in [-0.4, -0.2) is 62.3 Å². The fourth-order valence-electron chi connectivity index (χ4n) is 3.33. The highest BCUT2D eigenvalue weighted by Crippen LogP contribution is 2.41. The molecule has 3 atom stereocenters. The number of hydrogen-bond acceptors (Lipinski definition) is 3. The summed E-state index contributed by atoms with van der Waals surface area (Å²) in [6.45, 7) is 9.37. The van der Waals surface area contributed by atoms with Gasteiger partial charge in [0.15, 0.2) is 5.96 Å². The van der Waals surface area contributed by atoms with Gasteiger partial charge >= 0.3 is 0 Å². The molecule has 2 fully saturated rings. The zero-order valence-electron chi connectivity index (χ0n) is 15.6. The predicted molar refractivity (Wildman–Crippen MR) is 114 cm³/mol. The van der Waals surface area contributed by atoms with Gasteiger partial charge in [0, 0.05) is 37.6 Å². The molecule has 1 saturated heterocycles. The van der Waals surface area contributed by atoms with Gasteiger partial charge < -0.3 is 15.4 Å². The average Bonchev–Trinajstić information content (AvgIpc) is 3.39. The summed E-state index contributed by atoms with van der Waals surface area (Å²) in [6, 6.07) is 7.70. The van der Waals surface area contributed by atoms with Crippen LogP contribution in [0.3, 0.4) is 0 Å². The van der Waals surface area contributed by atoms with Gasteiger partial charge in [0.2, 0.25) is 0 Å². The van der Waals surface area contributed by atoms with E-state index in [1.54, 1.807) is 6.07 Å². The van der Waals surface area contributed by atoms with Crippen LogP contribution in [0.2, 0.25) is 0 Å². The highest BCUT2D eigenvalue weighted by molar-refractivity contribution is 14.0. The Bertz CT molecular complexity index is 595. The number of aliphatic imine (C=N–C) groups is 1. The summed E-state index contributed by atoms with van der Waals surface area (Å²) in [6.07, 6.45) is 0.949. The Kier molecular flexibility index (Phi) is 8.56. The lowest BCUT2D eigenvalue weighted by Crippen LogP contribution is -2.44. The molecule has 0 amide bonds. The minimum atomic E-state index is -0.111. The molecule has 3 rings (SSSR count). The van der Waals surface area contributed by atoms with Crippen molar-refractivity contribution in [2.24, 2.45) is 4.99 Å². The van der Waals surface area contributed by atoms with Crippen LogP contribution in [0, 0.1) is 5.82 Å². The van der Waals surface area contributed by atoms with Crippen molar-refractivity contribution in [3.63, 3.8) is 0 Å². The molecule has 0 spiro atoms. The van der Waals surface area contributed by atoms with Gasteiger partial charge in [0.1, 0.15) is 5.82 Å². The van der Waals surface area contributed by atoms with Crippen LogP contribution >= 0.6 is 24.0 Å². The molecule has 1 aliphatic heterocycles. The van der Waals surface area contributed by atoms with E-state index in [2.05, 4.69) is 29.4 Å². The molecule has 2 N–H and O–H groups in total. The van der Waals surface area contributed by atoms with Gasteiger partial charge in [-0.05, 0) is 31.9 Å². The smallest absolute Gasteiger partial charge is 0.191 e. The predicted octanol–water partition coefficient (Wildman–Crippen LogP) is 2.58. The summed E-state index contributed by atoms with van der Waals surface area (Å²) in [5.41, 5.74) is 0.803. The van der Waals surface area contributed by atoms with E-state index in [9.17, 15) is 4.39 Å². The second kappa shape index (κ2) is 10.4. The quantitative estimate of drug-likeness (QED) is 0.377. The van der Waals surface area contributed by atoms with Crippen LogP contribution in [0.5, 0.6) is 0 Å². The highest BCUT2D eigenvalue weighted by Gasteiger charge is 2.40. The molecule has 1 aromatic carbocycles. The van der Waals surface area contributed by atoms with E-state index in [1.807, 2.05) is 12.1 Å². The maximum absolute atomic E-state index is 13.9. The zero-order chi connectivity index (χ0) is 17.6. The first kappa shape index (κ1) is 21.4. The van der Waals surface area contributed by atoms with E-state index in [1.165, 1.54) is 6.07 Å². The van der Waals surface area contributed by atoms with E-state index in [4.69, 9.17) is 9.73 Å². The van der Waals surface area contributed by atoms with Crippen LogP contribution in [0.25, 0.3) is 0 Å². The minimum Gasteiger partial charge on any atom is -0.379 e. The van der Waals surface area contributed by atoms with Crippen molar-refractivity contribution in [3.8, 4) is 0 Å². The summed E-state index contributed by atoms with van der Waals surface area (Å²) < 4.78 is 19.3. The Morgan fingerprint density at radius 2 is 2.08 bits per heavy atom. The van der Waals surface area contributed by atoms with Crippen LogP contribution in [-0.2, 0) is 4.74 Å². The Balaban J connectivity index is 0.00000243. The first-order valence-corrected chi connectivity index (χ1v) is 9.30. The number of guanidine groups is 1. The number of rotatable bonds is 6. The fraction of sp³-hybridized carbons (Fsp3) is 0.632. The lowest BCUT2D eigenvalue weighted by molar-refractivity contribution is 0.0220. The lowest BCUT2D eigenvalue weighted by atomic mass is 10.1. The molecule has 0 bridgehead atoms. The summed E-state index contributed by atoms with van der Waals surface area (Å²) in [5.74, 6) is 0.952. The van der Waals surface area contributed by atoms with Crippen LogP contribution in [0.4, 0.5) is 4.39 Å². The first-order chi connectivity index (χ1) is 12.2. The van der Waals surface area contributed by atoms with Crippen molar-refractivity contribution >= 4 is 29.9 Å². The first-order valence-electron chi connectivity index (χ1n) is 9.30. The number of benzene rings is 1. The normalized spacial score (nSPS) is 24.5. The van der Waals surface area contributed by atoms with Crippen molar-refractivity contribution < 1.29 is 9.13 Å². The van der Waals surface area contributed by atoms with E-state index in [0.717, 1.165) is 57.3 Å². The summed E-state index contributed by atoms with van der Waals surface area (Å²) in [7, 11) is 0. The van der Waals surface area contributed by atoms with Crippen LogP contribution in [0.1, 0.15) is 31.7 Å². The van der Waals surface area contributed by atoms with Gasteiger partial charge in [-0.2, -0.15) is 0 Å². The van der Waals surface area contributed by atoms with Crippen molar-refractivity contribution in [1.29, 1.82) is 0 Å². The number of ether oxygens (including phenoxy) is 1. The largest absolute Gasteiger partial charge is 0.379 e. The topological polar surface area (TPSA) is 48.9 Å². The number of morpholine rings is 1. The van der Waals surface area contributed by atoms with Crippen molar-refractivity contribution in [2.45, 2.75) is 38.3 Å². The molecule has 1 heterocycles. The van der Waals surface area contributed by atoms with Crippen LogP contribution < -0.4 is 10.6 Å². The number of nitrogens with zero attached hydrogens (tertiary/aromatic N) is 2. The molecule has 26 heavy (non-hydrogen) atoms. The van der Waals surface area contributed by atoms with E-state index < -0.39 is 0 Å². The average molecular weight is 476 g/mol. The van der Waals surface area contributed by atoms with E-state index in [-0.39, 0.29) is 41.8 Å². The lowest BCUT2D eigenvalue weighted by Gasteiger charge is -2.31. The third kappa shape index (κ3) is 5.79. The fourth-order valence-corrected chi connectivity index (χ4v) is 3.33. The molecule has 7 heteroatoms. The van der Waals surface area contributed by atoms with E-state index >= 15 is 0 Å². The molecule has 1 aromatic rings. The molecular formula is C19H30FIN4O. The highest BCUT2D eigenvalue weighted by atomic mass is 127. The summed E-state index contributed by atoms with van der Waals surface area (Å²) in [5, 5.41) is 6.76. The number of halogens is 2. The Morgan fingerprint density at radius 3 is 2.77 bits per heavy atom. The molecule has 3 unspecified atom stereocenters. The Hall–Kier alpha value is -0.930. The van der Waals surface area contributed by atoms with Crippen molar-refractivity contribution in [3.05, 3.63) is 35.6 Å². The number of hydrogen-bond donors (Lipinski definition) is 2. The van der Waals surface area contributed by atoms with E-state index in [0.29, 0.717) is 6.04 Å². The third-order valence-corrected chi connectivity index (χ3v) is 4.94. The maximum Gasteiger partial charge on any atom is 0.191 e. The standard InChI is InChI=1S/C19H29FN4O.HI/c1-3-21-19(22-13-14(2)24-8-10-25-11-9-24)23-18-12-16(18)15-6-4-5-7-17(15)20;/h4-7,14,16,18H,3,8-13H2,1-2H3,(H2,21,22,23);1H. The number of nitrogens with one attached hydrogen (secondary N) is 2. The van der Waals surface area contributed by atoms with Gasteiger partial charge in [-0.3, -0.25) is 9.89 Å². The van der Waals surface area contributed by atoms with Gasteiger partial charge in [-0.1, -0.05) is 18.2 Å². The molecule has 0 aromatic heterocycles. The zero-order valence-corrected chi connectivity index (χ0v) is 17.9. The Morgan fingerprint density at radius 1 is 1.35 bits per heavy atom. The van der Waals surface area contributed by atoms with Gasteiger partial charge in [0.25, 0.3) is 0 Å². The van der Waals surface area contributed by atoms with Gasteiger partial charge in [-0.15, -0.1) is 24.0 Å². The van der Waals surface area contributed by atoms with Crippen LogP contribution in [0.15, 0.2) is 29.3 Å². The van der Waals surface area contributed by atoms with Gasteiger partial charge in [-0.25, -0.2) is 4.39 Å². The van der Waals surface area contributed by atoms with Gasteiger partial charge in [0.05, 0.1) is 19.8 Å². The summed E-state index contributed by atoms with van der Waals surface area (Å²) in [4.78, 5) is 7.15. The third-order valence-electron chi connectivity index (χ3n) is 4.94. The molecule has 1 saturated carbocycles. The second-order valence-electron chi connectivity index (χ2n) is 6.83. The maximum atomic E-state index is 13.9. The van der Waals surface area contributed by atoms with Crippen molar-refractivity contribution in [2.75, 3.05) is 39.4 Å². The molecule has 1 aliphatic carbocycles. The molecular weight excluding hydrogens is 446 g/mol. The molecule has 2 aliphatic rings.